The first kappa shape index (κ1) is 15.1. The molecule has 0 aliphatic carbocycles. The predicted octanol–water partition coefficient (Wildman–Crippen LogP) is 0.838. The second-order valence-corrected chi connectivity index (χ2v) is 6.90. The number of anilines is 2. The molecule has 0 radical (unpaired) electrons. The topological polar surface area (TPSA) is 98.7 Å². The molecule has 4 N–H and O–H groups in total. The van der Waals surface area contributed by atoms with Gasteiger partial charge in [-0.3, -0.25) is 0 Å². The molecule has 6 nitrogen and oxygen atoms in total. The number of morpholine rings is 1. The van der Waals surface area contributed by atoms with Crippen LogP contribution in [-0.4, -0.2) is 33.7 Å². The molecule has 1 aromatic rings. The third kappa shape index (κ3) is 3.05. The normalized spacial score (nSPS) is 23.9. The van der Waals surface area contributed by atoms with Crippen molar-refractivity contribution in [2.24, 2.45) is 5.14 Å². The van der Waals surface area contributed by atoms with Crippen molar-refractivity contribution in [3.8, 4) is 0 Å². The molecular formula is C13H21N3O3S. The first-order chi connectivity index (χ1) is 9.18. The first-order valence-electron chi connectivity index (χ1n) is 6.52. The smallest absolute Gasteiger partial charge is 0.238 e. The second kappa shape index (κ2) is 5.23. The molecule has 112 valence electrons. The number of nitrogens with zero attached hydrogens (tertiary/aromatic N) is 1. The first-order valence-corrected chi connectivity index (χ1v) is 8.06. The zero-order chi connectivity index (χ0) is 15.1. The molecule has 0 saturated carbocycles. The molecule has 7 heteroatoms. The Morgan fingerprint density at radius 1 is 1.25 bits per heavy atom. The molecule has 0 bridgehead atoms. The van der Waals surface area contributed by atoms with Crippen LogP contribution in [0.15, 0.2) is 17.0 Å². The van der Waals surface area contributed by atoms with Crippen molar-refractivity contribution in [1.82, 2.24) is 0 Å². The van der Waals surface area contributed by atoms with Gasteiger partial charge in [-0.1, -0.05) is 0 Å². The number of benzene rings is 1. The highest BCUT2D eigenvalue weighted by Crippen LogP contribution is 2.31. The van der Waals surface area contributed by atoms with Crippen molar-refractivity contribution in [2.45, 2.75) is 37.9 Å². The summed E-state index contributed by atoms with van der Waals surface area (Å²) in [7, 11) is -3.78. The van der Waals surface area contributed by atoms with Crippen LogP contribution in [0.5, 0.6) is 0 Å². The van der Waals surface area contributed by atoms with Gasteiger partial charge in [-0.05, 0) is 38.5 Å². The van der Waals surface area contributed by atoms with E-state index < -0.39 is 10.0 Å². The van der Waals surface area contributed by atoms with Crippen LogP contribution in [0.3, 0.4) is 0 Å². The van der Waals surface area contributed by atoms with E-state index in [-0.39, 0.29) is 17.1 Å². The Labute approximate surface area is 119 Å². The molecule has 1 saturated heterocycles. The third-order valence-electron chi connectivity index (χ3n) is 3.42. The summed E-state index contributed by atoms with van der Waals surface area (Å²) in [6.45, 7) is 7.12. The molecule has 0 spiro atoms. The summed E-state index contributed by atoms with van der Waals surface area (Å²) in [5.74, 6) is 0. The zero-order valence-electron chi connectivity index (χ0n) is 12.0. The number of hydrogen-bond acceptors (Lipinski definition) is 5. The summed E-state index contributed by atoms with van der Waals surface area (Å²) < 4.78 is 29.0. The highest BCUT2D eigenvalue weighted by atomic mass is 32.2. The van der Waals surface area contributed by atoms with Crippen LogP contribution >= 0.6 is 0 Å². The molecule has 20 heavy (non-hydrogen) atoms. The van der Waals surface area contributed by atoms with Gasteiger partial charge in [0.25, 0.3) is 0 Å². The molecule has 0 amide bonds. The monoisotopic (exact) mass is 299 g/mol. The van der Waals surface area contributed by atoms with Gasteiger partial charge in [0.15, 0.2) is 0 Å². The average molecular weight is 299 g/mol. The number of hydrogen-bond donors (Lipinski definition) is 2. The predicted molar refractivity (Wildman–Crippen MR) is 79.2 cm³/mol. The van der Waals surface area contributed by atoms with Gasteiger partial charge in [-0.15, -0.1) is 0 Å². The van der Waals surface area contributed by atoms with E-state index in [2.05, 4.69) is 4.90 Å². The van der Waals surface area contributed by atoms with Gasteiger partial charge in [-0.25, -0.2) is 13.6 Å². The minimum Gasteiger partial charge on any atom is -0.399 e. The van der Waals surface area contributed by atoms with Crippen LogP contribution in [-0.2, 0) is 14.8 Å². The summed E-state index contributed by atoms with van der Waals surface area (Å²) in [5.41, 5.74) is 7.64. The molecule has 0 aromatic heterocycles. The molecular weight excluding hydrogens is 278 g/mol. The van der Waals surface area contributed by atoms with Crippen molar-refractivity contribution in [3.63, 3.8) is 0 Å². The Morgan fingerprint density at radius 2 is 1.80 bits per heavy atom. The number of rotatable bonds is 2. The molecule has 1 aliphatic heterocycles. The second-order valence-electron chi connectivity index (χ2n) is 5.37. The van der Waals surface area contributed by atoms with Crippen LogP contribution in [0.1, 0.15) is 19.4 Å². The van der Waals surface area contributed by atoms with E-state index in [1.807, 2.05) is 13.8 Å². The lowest BCUT2D eigenvalue weighted by atomic mass is 10.1. The van der Waals surface area contributed by atoms with Crippen molar-refractivity contribution >= 4 is 21.4 Å². The van der Waals surface area contributed by atoms with E-state index in [1.165, 1.54) is 6.07 Å². The standard InChI is InChI=1S/C13H21N3O3S/c1-8-6-16(7-9(2)19-8)12-4-11(14)5-13(10(12)3)20(15,17)18/h4-5,8-9H,6-7,14H2,1-3H3,(H2,15,17,18)/t8-,9+. The van der Waals surface area contributed by atoms with E-state index in [0.717, 1.165) is 5.69 Å². The van der Waals surface area contributed by atoms with Crippen molar-refractivity contribution in [2.75, 3.05) is 23.7 Å². The van der Waals surface area contributed by atoms with Gasteiger partial charge < -0.3 is 15.4 Å². The summed E-state index contributed by atoms with van der Waals surface area (Å²) in [5, 5.41) is 5.25. The summed E-state index contributed by atoms with van der Waals surface area (Å²) in [6.07, 6.45) is 0.162. The molecule has 0 unspecified atom stereocenters. The highest BCUT2D eigenvalue weighted by molar-refractivity contribution is 7.89. The van der Waals surface area contributed by atoms with Gasteiger partial charge in [0.1, 0.15) is 0 Å². The van der Waals surface area contributed by atoms with Crippen LogP contribution in [0.25, 0.3) is 0 Å². The van der Waals surface area contributed by atoms with Crippen molar-refractivity contribution in [1.29, 1.82) is 0 Å². The van der Waals surface area contributed by atoms with Gasteiger partial charge in [-0.2, -0.15) is 0 Å². The minimum atomic E-state index is -3.78. The lowest BCUT2D eigenvalue weighted by Crippen LogP contribution is -2.45. The average Bonchev–Trinajstić information content (AvgIpc) is 2.29. The number of nitrogen functional groups attached to an aromatic ring is 1. The molecule has 2 atom stereocenters. The maximum absolute atomic E-state index is 11.6. The van der Waals surface area contributed by atoms with Crippen LogP contribution < -0.4 is 15.8 Å². The number of sulfonamides is 1. The SMILES string of the molecule is Cc1c(N2C[C@@H](C)O[C@@H](C)C2)cc(N)cc1S(N)(=O)=O. The number of ether oxygens (including phenoxy) is 1. The zero-order valence-corrected chi connectivity index (χ0v) is 12.8. The van der Waals surface area contributed by atoms with Crippen LogP contribution in [0.4, 0.5) is 11.4 Å². The van der Waals surface area contributed by atoms with E-state index in [4.69, 9.17) is 15.6 Å². The summed E-state index contributed by atoms with van der Waals surface area (Å²) >= 11 is 0. The Balaban J connectivity index is 2.49. The van der Waals surface area contributed by atoms with Gasteiger partial charge in [0, 0.05) is 24.5 Å². The van der Waals surface area contributed by atoms with Gasteiger partial charge in [0.05, 0.1) is 17.1 Å². The largest absolute Gasteiger partial charge is 0.399 e. The Bertz CT molecular complexity index is 606. The Hall–Kier alpha value is -1.31. The maximum Gasteiger partial charge on any atom is 0.238 e. The number of primary sulfonamides is 1. The summed E-state index contributed by atoms with van der Waals surface area (Å²) in [6, 6.07) is 3.19. The summed E-state index contributed by atoms with van der Waals surface area (Å²) in [4.78, 5) is 2.18. The fourth-order valence-corrected chi connectivity index (χ4v) is 3.52. The highest BCUT2D eigenvalue weighted by Gasteiger charge is 2.25. The van der Waals surface area contributed by atoms with Crippen LogP contribution in [0, 0.1) is 6.92 Å². The maximum atomic E-state index is 11.6. The fraction of sp³-hybridized carbons (Fsp3) is 0.538. The van der Waals surface area contributed by atoms with Crippen molar-refractivity contribution < 1.29 is 13.2 Å². The van der Waals surface area contributed by atoms with E-state index in [1.54, 1.807) is 13.0 Å². The minimum absolute atomic E-state index is 0.0810. The van der Waals surface area contributed by atoms with Crippen LogP contribution in [0.2, 0.25) is 0 Å². The molecule has 1 heterocycles. The fourth-order valence-electron chi connectivity index (χ4n) is 2.69. The van der Waals surface area contributed by atoms with E-state index in [0.29, 0.717) is 24.3 Å². The Morgan fingerprint density at radius 3 is 2.30 bits per heavy atom. The Kier molecular flexibility index (Phi) is 3.95. The quantitative estimate of drug-likeness (QED) is 0.788. The lowest BCUT2D eigenvalue weighted by molar-refractivity contribution is -0.00525. The molecule has 1 aromatic carbocycles. The molecule has 2 rings (SSSR count). The van der Waals surface area contributed by atoms with E-state index in [9.17, 15) is 8.42 Å². The van der Waals surface area contributed by atoms with Gasteiger partial charge >= 0.3 is 0 Å². The van der Waals surface area contributed by atoms with Crippen molar-refractivity contribution in [3.05, 3.63) is 17.7 Å². The van der Waals surface area contributed by atoms with Gasteiger partial charge in [0.2, 0.25) is 10.0 Å². The van der Waals surface area contributed by atoms with E-state index >= 15 is 0 Å². The molecule has 1 aliphatic rings. The number of nitrogens with two attached hydrogens (primary N) is 2. The lowest BCUT2D eigenvalue weighted by Gasteiger charge is -2.38. The third-order valence-corrected chi connectivity index (χ3v) is 4.46. The molecule has 1 fully saturated rings.